The van der Waals surface area contributed by atoms with E-state index in [1.807, 2.05) is 31.2 Å². The summed E-state index contributed by atoms with van der Waals surface area (Å²) in [5.41, 5.74) is 7.01. The van der Waals surface area contributed by atoms with Crippen molar-refractivity contribution in [2.45, 2.75) is 26.3 Å². The van der Waals surface area contributed by atoms with E-state index in [1.54, 1.807) is 20.1 Å². The first-order valence-electron chi connectivity index (χ1n) is 8.72. The molecule has 0 bridgehead atoms. The average molecular weight is 364 g/mol. The summed E-state index contributed by atoms with van der Waals surface area (Å²) in [4.78, 5) is 11.6. The summed E-state index contributed by atoms with van der Waals surface area (Å²) in [5.74, 6) is 0.885. The molecule has 0 amide bonds. The van der Waals surface area contributed by atoms with Gasteiger partial charge in [0.1, 0.15) is 17.1 Å². The second-order valence-electron chi connectivity index (χ2n) is 6.72. The molecule has 1 atom stereocenters. The number of ether oxygens (including phenoxy) is 1. The van der Waals surface area contributed by atoms with Crippen LogP contribution in [0.1, 0.15) is 34.7 Å². The van der Waals surface area contributed by atoms with E-state index < -0.39 is 5.63 Å². The Morgan fingerprint density at radius 2 is 2.00 bits per heavy atom. The molecule has 6 heteroatoms. The number of phenols is 1. The number of rotatable bonds is 3. The second-order valence-corrected chi connectivity index (χ2v) is 6.72. The van der Waals surface area contributed by atoms with E-state index in [1.165, 1.54) is 6.07 Å². The molecule has 1 aromatic heterocycles. The van der Waals surface area contributed by atoms with E-state index in [9.17, 15) is 9.90 Å². The summed E-state index contributed by atoms with van der Waals surface area (Å²) in [6, 6.07) is 10.9. The molecule has 2 heterocycles. The van der Waals surface area contributed by atoms with Gasteiger partial charge in [-0.2, -0.15) is 5.10 Å². The van der Waals surface area contributed by atoms with Crippen molar-refractivity contribution in [3.8, 4) is 11.5 Å². The van der Waals surface area contributed by atoms with Crippen molar-refractivity contribution in [2.75, 3.05) is 7.11 Å². The summed E-state index contributed by atoms with van der Waals surface area (Å²) in [6.07, 6.45) is 0.607. The molecular formula is C21H20N2O4. The number of benzene rings is 2. The highest BCUT2D eigenvalue weighted by molar-refractivity contribution is 6.09. The monoisotopic (exact) mass is 364 g/mol. The van der Waals surface area contributed by atoms with Crippen molar-refractivity contribution in [3.05, 3.63) is 69.1 Å². The minimum absolute atomic E-state index is 0.0413. The van der Waals surface area contributed by atoms with Crippen LogP contribution in [0.15, 0.2) is 50.7 Å². The fraction of sp³-hybridized carbons (Fsp3) is 0.238. The number of aryl methyl sites for hydroxylation is 2. The fourth-order valence-corrected chi connectivity index (χ4v) is 3.71. The van der Waals surface area contributed by atoms with Crippen LogP contribution in [0.4, 0.5) is 0 Å². The third-order valence-corrected chi connectivity index (χ3v) is 4.96. The fourth-order valence-electron chi connectivity index (χ4n) is 3.71. The van der Waals surface area contributed by atoms with Crippen molar-refractivity contribution in [1.29, 1.82) is 0 Å². The van der Waals surface area contributed by atoms with Gasteiger partial charge < -0.3 is 19.7 Å². The molecule has 0 unspecified atom stereocenters. The van der Waals surface area contributed by atoms with E-state index in [4.69, 9.17) is 9.15 Å². The number of phenolic OH excluding ortho intramolecular Hbond substituents is 1. The summed E-state index contributed by atoms with van der Waals surface area (Å²) < 4.78 is 10.7. The van der Waals surface area contributed by atoms with Crippen LogP contribution in [0, 0.1) is 13.8 Å². The van der Waals surface area contributed by atoms with Gasteiger partial charge in [-0.1, -0.05) is 18.2 Å². The van der Waals surface area contributed by atoms with Gasteiger partial charge >= 0.3 is 5.63 Å². The van der Waals surface area contributed by atoms with Crippen LogP contribution in [-0.4, -0.2) is 17.9 Å². The minimum atomic E-state index is -0.428. The molecule has 2 N–H and O–H groups in total. The Kier molecular flexibility index (Phi) is 4.11. The maximum atomic E-state index is 11.6. The topological polar surface area (TPSA) is 84.1 Å². The quantitative estimate of drug-likeness (QED) is 0.694. The first-order valence-corrected chi connectivity index (χ1v) is 8.72. The number of nitrogens with one attached hydrogen (secondary N) is 1. The minimum Gasteiger partial charge on any atom is -0.506 e. The molecule has 27 heavy (non-hydrogen) atoms. The van der Waals surface area contributed by atoms with E-state index in [0.29, 0.717) is 28.5 Å². The van der Waals surface area contributed by atoms with Gasteiger partial charge in [-0.25, -0.2) is 4.79 Å². The van der Waals surface area contributed by atoms with Gasteiger partial charge in [0.25, 0.3) is 0 Å². The first-order chi connectivity index (χ1) is 13.0. The lowest BCUT2D eigenvalue weighted by atomic mass is 9.93. The molecule has 0 saturated carbocycles. The molecule has 0 saturated heterocycles. The van der Waals surface area contributed by atoms with Crippen molar-refractivity contribution < 1.29 is 14.3 Å². The van der Waals surface area contributed by atoms with E-state index in [2.05, 4.69) is 10.5 Å². The van der Waals surface area contributed by atoms with Gasteiger partial charge in [-0.05, 0) is 37.1 Å². The highest BCUT2D eigenvalue weighted by atomic mass is 16.5. The highest BCUT2D eigenvalue weighted by Gasteiger charge is 2.27. The lowest BCUT2D eigenvalue weighted by molar-refractivity contribution is 0.402. The molecule has 4 rings (SSSR count). The largest absolute Gasteiger partial charge is 0.506 e. The van der Waals surface area contributed by atoms with Gasteiger partial charge in [0.2, 0.25) is 0 Å². The van der Waals surface area contributed by atoms with Crippen molar-refractivity contribution in [2.24, 2.45) is 5.10 Å². The van der Waals surface area contributed by atoms with Crippen molar-refractivity contribution >= 4 is 16.7 Å². The average Bonchev–Trinajstić information content (AvgIpc) is 3.10. The SMILES string of the molecule is COc1ccccc1[C@@H]1CC(c2c(C)cc3oc(=O)cc(C)c3c2O)=NN1. The van der Waals surface area contributed by atoms with Gasteiger partial charge in [0.05, 0.1) is 24.2 Å². The third-order valence-electron chi connectivity index (χ3n) is 4.96. The summed E-state index contributed by atoms with van der Waals surface area (Å²) >= 11 is 0. The molecule has 0 radical (unpaired) electrons. The smallest absolute Gasteiger partial charge is 0.336 e. The second kappa shape index (κ2) is 6.46. The summed E-state index contributed by atoms with van der Waals surface area (Å²) in [5, 5.41) is 15.9. The maximum absolute atomic E-state index is 11.6. The van der Waals surface area contributed by atoms with Crippen LogP contribution < -0.4 is 15.8 Å². The number of fused-ring (bicyclic) bond motifs is 1. The Balaban J connectivity index is 1.77. The lowest BCUT2D eigenvalue weighted by Crippen LogP contribution is -2.11. The molecule has 0 fully saturated rings. The highest BCUT2D eigenvalue weighted by Crippen LogP contribution is 2.37. The van der Waals surface area contributed by atoms with Gasteiger partial charge in [0.15, 0.2) is 0 Å². The number of hydrogen-bond donors (Lipinski definition) is 2. The molecule has 0 aliphatic carbocycles. The Morgan fingerprint density at radius 3 is 2.78 bits per heavy atom. The van der Waals surface area contributed by atoms with E-state index in [-0.39, 0.29) is 11.8 Å². The Labute approximate surface area is 156 Å². The van der Waals surface area contributed by atoms with Crippen LogP contribution in [0.5, 0.6) is 11.5 Å². The number of para-hydroxylation sites is 1. The molecule has 6 nitrogen and oxygen atoms in total. The summed E-state index contributed by atoms with van der Waals surface area (Å²) in [7, 11) is 1.64. The van der Waals surface area contributed by atoms with Crippen LogP contribution in [0.2, 0.25) is 0 Å². The molecular weight excluding hydrogens is 344 g/mol. The number of nitrogens with zero attached hydrogens (tertiary/aromatic N) is 1. The standard InChI is InChI=1S/C21H20N2O4/c1-11-8-17-20(12(2)9-18(24)27-17)21(25)19(11)15-10-14(22-23-15)13-6-4-5-7-16(13)26-3/h4-9,14,22,25H,10H2,1-3H3/t14-/m0/s1. The number of hydrogen-bond acceptors (Lipinski definition) is 6. The summed E-state index contributed by atoms with van der Waals surface area (Å²) in [6.45, 7) is 3.65. The molecule has 1 aliphatic rings. The van der Waals surface area contributed by atoms with Crippen molar-refractivity contribution in [3.63, 3.8) is 0 Å². The maximum Gasteiger partial charge on any atom is 0.336 e. The predicted octanol–water partition coefficient (Wildman–Crippen LogP) is 3.56. The van der Waals surface area contributed by atoms with Gasteiger partial charge in [-0.3, -0.25) is 0 Å². The van der Waals surface area contributed by atoms with Crippen LogP contribution in [0.25, 0.3) is 11.0 Å². The zero-order valence-corrected chi connectivity index (χ0v) is 15.4. The zero-order valence-electron chi connectivity index (χ0n) is 15.4. The third kappa shape index (κ3) is 2.83. The Hall–Kier alpha value is -3.28. The van der Waals surface area contributed by atoms with Crippen LogP contribution in [0.3, 0.4) is 0 Å². The molecule has 138 valence electrons. The lowest BCUT2D eigenvalue weighted by Gasteiger charge is -2.15. The Bertz CT molecular complexity index is 1130. The molecule has 3 aromatic rings. The molecule has 1 aliphatic heterocycles. The van der Waals surface area contributed by atoms with Crippen LogP contribution >= 0.6 is 0 Å². The van der Waals surface area contributed by atoms with E-state index >= 15 is 0 Å². The zero-order chi connectivity index (χ0) is 19.1. The van der Waals surface area contributed by atoms with Gasteiger partial charge in [0, 0.05) is 23.6 Å². The number of aromatic hydroxyl groups is 1. The van der Waals surface area contributed by atoms with Crippen molar-refractivity contribution in [1.82, 2.24) is 5.43 Å². The predicted molar refractivity (Wildman–Crippen MR) is 104 cm³/mol. The van der Waals surface area contributed by atoms with Gasteiger partial charge in [-0.15, -0.1) is 0 Å². The Morgan fingerprint density at radius 1 is 1.22 bits per heavy atom. The molecule has 0 spiro atoms. The number of methoxy groups -OCH3 is 1. The van der Waals surface area contributed by atoms with E-state index in [0.717, 1.165) is 22.6 Å². The van der Waals surface area contributed by atoms with Crippen LogP contribution in [-0.2, 0) is 0 Å². The molecule has 2 aromatic carbocycles. The number of hydrazone groups is 1. The first kappa shape index (κ1) is 17.1. The normalized spacial score (nSPS) is 16.3.